The number of imidazole rings is 1. The van der Waals surface area contributed by atoms with Gasteiger partial charge in [0.05, 0.1) is 10.2 Å². The highest BCUT2D eigenvalue weighted by molar-refractivity contribution is 9.10. The van der Waals surface area contributed by atoms with E-state index in [0.717, 1.165) is 10.1 Å². The minimum Gasteiger partial charge on any atom is -0.437 e. The number of para-hydroxylation sites is 1. The van der Waals surface area contributed by atoms with E-state index < -0.39 is 0 Å². The summed E-state index contributed by atoms with van der Waals surface area (Å²) in [5.41, 5.74) is 7.33. The van der Waals surface area contributed by atoms with Crippen LogP contribution in [0.1, 0.15) is 0 Å². The number of nitrogens with zero attached hydrogens (tertiary/aromatic N) is 2. The number of ether oxygens (including phenoxy) is 1. The van der Waals surface area contributed by atoms with E-state index in [1.54, 1.807) is 12.3 Å². The molecule has 0 bridgehead atoms. The van der Waals surface area contributed by atoms with Gasteiger partial charge in [-0.25, -0.2) is 4.98 Å². The number of fused-ring (bicyclic) bond motifs is 1. The van der Waals surface area contributed by atoms with Crippen LogP contribution in [0.5, 0.6) is 11.6 Å². The Balaban J connectivity index is 2.09. The second-order valence-corrected chi connectivity index (χ2v) is 4.63. The van der Waals surface area contributed by atoms with Crippen LogP contribution in [0.4, 0.5) is 5.69 Å². The van der Waals surface area contributed by atoms with E-state index in [1.165, 1.54) is 0 Å². The first-order valence-corrected chi connectivity index (χ1v) is 6.19. The standard InChI is InChI=1S/C13H10BrN3O/c14-9-3-1-4-10(15)13(9)18-12-6-2-5-11-16-7-8-17(11)12/h1-8H,15H2. The summed E-state index contributed by atoms with van der Waals surface area (Å²) in [4.78, 5) is 4.21. The molecule has 1 aromatic carbocycles. The molecule has 0 saturated heterocycles. The summed E-state index contributed by atoms with van der Waals surface area (Å²) in [5.74, 6) is 1.28. The molecule has 0 amide bonds. The predicted molar refractivity (Wildman–Crippen MR) is 73.8 cm³/mol. The van der Waals surface area contributed by atoms with Gasteiger partial charge in [0.2, 0.25) is 5.88 Å². The fraction of sp³-hybridized carbons (Fsp3) is 0. The van der Waals surface area contributed by atoms with Gasteiger partial charge in [-0.15, -0.1) is 0 Å². The van der Waals surface area contributed by atoms with E-state index in [-0.39, 0.29) is 0 Å². The molecule has 0 fully saturated rings. The molecule has 2 N–H and O–H groups in total. The lowest BCUT2D eigenvalue weighted by Crippen LogP contribution is -1.96. The van der Waals surface area contributed by atoms with Crippen molar-refractivity contribution in [2.24, 2.45) is 0 Å². The van der Waals surface area contributed by atoms with Crippen LogP contribution < -0.4 is 10.5 Å². The molecule has 0 saturated carbocycles. The van der Waals surface area contributed by atoms with Gasteiger partial charge in [-0.3, -0.25) is 4.40 Å². The molecule has 0 radical (unpaired) electrons. The molecule has 0 atom stereocenters. The predicted octanol–water partition coefficient (Wildman–Crippen LogP) is 3.47. The highest BCUT2D eigenvalue weighted by Crippen LogP contribution is 2.34. The molecular weight excluding hydrogens is 294 g/mol. The van der Waals surface area contributed by atoms with Crippen molar-refractivity contribution in [3.63, 3.8) is 0 Å². The summed E-state index contributed by atoms with van der Waals surface area (Å²) in [6, 6.07) is 11.2. The zero-order valence-electron chi connectivity index (χ0n) is 9.38. The van der Waals surface area contributed by atoms with Gasteiger partial charge in [0.1, 0.15) is 5.65 Å². The third-order valence-electron chi connectivity index (χ3n) is 2.59. The van der Waals surface area contributed by atoms with Crippen LogP contribution in [0.25, 0.3) is 5.65 Å². The van der Waals surface area contributed by atoms with Crippen LogP contribution >= 0.6 is 15.9 Å². The van der Waals surface area contributed by atoms with Gasteiger partial charge in [-0.2, -0.15) is 0 Å². The summed E-state index contributed by atoms with van der Waals surface area (Å²) in [6.07, 6.45) is 3.57. The van der Waals surface area contributed by atoms with Gasteiger partial charge in [-0.1, -0.05) is 12.1 Å². The number of aromatic nitrogens is 2. The lowest BCUT2D eigenvalue weighted by Gasteiger charge is -2.11. The van der Waals surface area contributed by atoms with Crippen LogP contribution in [0.2, 0.25) is 0 Å². The summed E-state index contributed by atoms with van der Waals surface area (Å²) < 4.78 is 8.54. The third kappa shape index (κ3) is 1.82. The highest BCUT2D eigenvalue weighted by atomic mass is 79.9. The Morgan fingerprint density at radius 2 is 2.00 bits per heavy atom. The third-order valence-corrected chi connectivity index (χ3v) is 3.22. The zero-order valence-corrected chi connectivity index (χ0v) is 11.0. The maximum atomic E-state index is 5.91. The molecular formula is C13H10BrN3O. The molecule has 3 aromatic rings. The minimum absolute atomic E-state index is 0.585. The smallest absolute Gasteiger partial charge is 0.205 e. The Bertz CT molecular complexity index is 688. The lowest BCUT2D eigenvalue weighted by molar-refractivity contribution is 0.456. The number of benzene rings is 1. The van der Waals surface area contributed by atoms with E-state index in [0.29, 0.717) is 17.3 Å². The summed E-state index contributed by atoms with van der Waals surface area (Å²) in [7, 11) is 0. The molecule has 2 heterocycles. The first kappa shape index (κ1) is 11.1. The molecule has 18 heavy (non-hydrogen) atoms. The zero-order chi connectivity index (χ0) is 12.5. The summed E-state index contributed by atoms with van der Waals surface area (Å²) in [6.45, 7) is 0. The number of nitrogen functional groups attached to an aromatic ring is 1. The summed E-state index contributed by atoms with van der Waals surface area (Å²) >= 11 is 3.43. The van der Waals surface area contributed by atoms with Crippen molar-refractivity contribution in [2.45, 2.75) is 0 Å². The van der Waals surface area contributed by atoms with Gasteiger partial charge < -0.3 is 10.5 Å². The fourth-order valence-corrected chi connectivity index (χ4v) is 2.20. The molecule has 0 aliphatic heterocycles. The fourth-order valence-electron chi connectivity index (χ4n) is 1.74. The number of pyridine rings is 1. The highest BCUT2D eigenvalue weighted by Gasteiger charge is 2.09. The number of anilines is 1. The van der Waals surface area contributed by atoms with Gasteiger partial charge in [-0.05, 0) is 40.2 Å². The largest absolute Gasteiger partial charge is 0.437 e. The second kappa shape index (κ2) is 4.34. The van der Waals surface area contributed by atoms with E-state index in [1.807, 2.05) is 40.9 Å². The van der Waals surface area contributed by atoms with Crippen molar-refractivity contribution in [1.29, 1.82) is 0 Å². The molecule has 3 rings (SSSR count). The van der Waals surface area contributed by atoms with Crippen molar-refractivity contribution in [3.05, 3.63) is 53.3 Å². The molecule has 0 aliphatic carbocycles. The molecule has 2 aromatic heterocycles. The number of hydrogen-bond donors (Lipinski definition) is 1. The maximum Gasteiger partial charge on any atom is 0.205 e. The number of rotatable bonds is 2. The van der Waals surface area contributed by atoms with Crippen LogP contribution in [-0.2, 0) is 0 Å². The van der Waals surface area contributed by atoms with Gasteiger partial charge in [0.25, 0.3) is 0 Å². The van der Waals surface area contributed by atoms with Gasteiger partial charge in [0, 0.05) is 12.4 Å². The van der Waals surface area contributed by atoms with E-state index in [2.05, 4.69) is 20.9 Å². The van der Waals surface area contributed by atoms with Crippen molar-refractivity contribution < 1.29 is 4.74 Å². The van der Waals surface area contributed by atoms with Crippen molar-refractivity contribution in [2.75, 3.05) is 5.73 Å². The first-order chi connectivity index (χ1) is 8.75. The Hall–Kier alpha value is -2.01. The molecule has 0 aliphatic rings. The molecule has 0 unspecified atom stereocenters. The Labute approximate surface area is 112 Å². The number of hydrogen-bond acceptors (Lipinski definition) is 3. The van der Waals surface area contributed by atoms with Gasteiger partial charge in [0.15, 0.2) is 5.75 Å². The topological polar surface area (TPSA) is 52.5 Å². The Morgan fingerprint density at radius 3 is 2.83 bits per heavy atom. The van der Waals surface area contributed by atoms with Crippen molar-refractivity contribution in [3.8, 4) is 11.6 Å². The average molecular weight is 304 g/mol. The van der Waals surface area contributed by atoms with E-state index >= 15 is 0 Å². The van der Waals surface area contributed by atoms with Crippen molar-refractivity contribution >= 4 is 27.3 Å². The van der Waals surface area contributed by atoms with Crippen LogP contribution in [0.15, 0.2) is 53.3 Å². The quantitative estimate of drug-likeness (QED) is 0.738. The molecule has 90 valence electrons. The van der Waals surface area contributed by atoms with E-state index in [9.17, 15) is 0 Å². The van der Waals surface area contributed by atoms with Gasteiger partial charge >= 0.3 is 0 Å². The van der Waals surface area contributed by atoms with Crippen LogP contribution in [0, 0.1) is 0 Å². The Kier molecular flexibility index (Phi) is 2.68. The normalized spacial score (nSPS) is 10.7. The monoisotopic (exact) mass is 303 g/mol. The molecule has 0 spiro atoms. The second-order valence-electron chi connectivity index (χ2n) is 3.78. The Morgan fingerprint density at radius 1 is 1.17 bits per heavy atom. The number of halogens is 1. The van der Waals surface area contributed by atoms with E-state index in [4.69, 9.17) is 10.5 Å². The average Bonchev–Trinajstić information content (AvgIpc) is 2.83. The van der Waals surface area contributed by atoms with Crippen LogP contribution in [-0.4, -0.2) is 9.38 Å². The lowest BCUT2D eigenvalue weighted by atomic mass is 10.3. The first-order valence-electron chi connectivity index (χ1n) is 5.39. The number of nitrogens with two attached hydrogens (primary N) is 1. The maximum absolute atomic E-state index is 5.91. The van der Waals surface area contributed by atoms with Crippen molar-refractivity contribution in [1.82, 2.24) is 9.38 Å². The minimum atomic E-state index is 0.585. The SMILES string of the molecule is Nc1cccc(Br)c1Oc1cccc2nccn12. The summed E-state index contributed by atoms with van der Waals surface area (Å²) in [5, 5.41) is 0. The molecule has 4 nitrogen and oxygen atoms in total. The molecule has 5 heteroatoms. The van der Waals surface area contributed by atoms with Crippen LogP contribution in [0.3, 0.4) is 0 Å².